The van der Waals surface area contributed by atoms with E-state index < -0.39 is 0 Å². The minimum atomic E-state index is -0.292. The highest BCUT2D eigenvalue weighted by atomic mass is 19.1. The van der Waals surface area contributed by atoms with E-state index >= 15 is 0 Å². The second-order valence-corrected chi connectivity index (χ2v) is 6.79. The van der Waals surface area contributed by atoms with Crippen LogP contribution in [0, 0.1) is 5.82 Å². The number of hydrogen-bond acceptors (Lipinski definition) is 3. The molecule has 0 saturated carbocycles. The van der Waals surface area contributed by atoms with Gasteiger partial charge in [0.05, 0.1) is 6.21 Å². The molecule has 5 nitrogen and oxygen atoms in total. The molecule has 3 aromatic carbocycles. The molecular formula is C25H20FN3O2. The van der Waals surface area contributed by atoms with Crippen LogP contribution >= 0.6 is 0 Å². The van der Waals surface area contributed by atoms with E-state index in [0.29, 0.717) is 16.9 Å². The second-order valence-electron chi connectivity index (χ2n) is 6.79. The van der Waals surface area contributed by atoms with Crippen LogP contribution in [0.25, 0.3) is 5.69 Å². The molecule has 0 aliphatic heterocycles. The summed E-state index contributed by atoms with van der Waals surface area (Å²) < 4.78 is 21.2. The lowest BCUT2D eigenvalue weighted by Crippen LogP contribution is -2.17. The lowest BCUT2D eigenvalue weighted by atomic mass is 10.2. The number of halogens is 1. The van der Waals surface area contributed by atoms with Crippen LogP contribution in [0.1, 0.15) is 21.5 Å². The Morgan fingerprint density at radius 2 is 1.65 bits per heavy atom. The van der Waals surface area contributed by atoms with Crippen molar-refractivity contribution in [2.75, 3.05) is 0 Å². The van der Waals surface area contributed by atoms with Crippen molar-refractivity contribution in [2.45, 2.75) is 6.61 Å². The van der Waals surface area contributed by atoms with Gasteiger partial charge in [0.1, 0.15) is 18.2 Å². The Balaban J connectivity index is 1.29. The maximum atomic E-state index is 13.6. The van der Waals surface area contributed by atoms with Gasteiger partial charge in [-0.05, 0) is 72.3 Å². The fourth-order valence-electron chi connectivity index (χ4n) is 2.95. The summed E-state index contributed by atoms with van der Waals surface area (Å²) in [5, 5.41) is 4.00. The number of carbonyl (C=O) groups excluding carboxylic acids is 1. The molecule has 31 heavy (non-hydrogen) atoms. The molecule has 4 rings (SSSR count). The van der Waals surface area contributed by atoms with Gasteiger partial charge in [-0.2, -0.15) is 5.10 Å². The van der Waals surface area contributed by atoms with Gasteiger partial charge in [0.25, 0.3) is 5.91 Å². The number of benzene rings is 3. The van der Waals surface area contributed by atoms with Gasteiger partial charge in [0.2, 0.25) is 0 Å². The number of amides is 1. The molecule has 1 N–H and O–H groups in total. The first kappa shape index (κ1) is 20.1. The quantitative estimate of drug-likeness (QED) is 0.344. The summed E-state index contributed by atoms with van der Waals surface area (Å²) in [7, 11) is 0. The van der Waals surface area contributed by atoms with E-state index in [-0.39, 0.29) is 18.3 Å². The molecule has 0 radical (unpaired) electrons. The number of hydrogen-bond donors (Lipinski definition) is 1. The number of aromatic nitrogens is 1. The lowest BCUT2D eigenvalue weighted by Gasteiger charge is -2.07. The second kappa shape index (κ2) is 9.54. The van der Waals surface area contributed by atoms with E-state index in [1.54, 1.807) is 60.8 Å². The van der Waals surface area contributed by atoms with Crippen molar-refractivity contribution in [2.24, 2.45) is 5.10 Å². The molecule has 1 amide bonds. The molecule has 0 fully saturated rings. The average Bonchev–Trinajstić information content (AvgIpc) is 3.34. The molecule has 154 valence electrons. The average molecular weight is 413 g/mol. The standard InChI is InChI=1S/C25H20FN3O2/c26-24-6-2-1-5-21(24)18-31-23-13-7-19(8-14-23)17-27-28-25(30)20-9-11-22(12-10-20)29-15-3-4-16-29/h1-17H,18H2,(H,28,30)/b27-17+. The molecule has 0 aliphatic carbocycles. The normalized spacial score (nSPS) is 10.9. The lowest BCUT2D eigenvalue weighted by molar-refractivity contribution is 0.0955. The zero-order valence-electron chi connectivity index (χ0n) is 16.6. The van der Waals surface area contributed by atoms with Crippen molar-refractivity contribution >= 4 is 12.1 Å². The van der Waals surface area contributed by atoms with E-state index in [0.717, 1.165) is 11.3 Å². The molecule has 0 atom stereocenters. The van der Waals surface area contributed by atoms with Crippen molar-refractivity contribution in [3.8, 4) is 11.4 Å². The third-order valence-corrected chi connectivity index (χ3v) is 4.64. The van der Waals surface area contributed by atoms with Crippen molar-refractivity contribution in [3.05, 3.63) is 120 Å². The van der Waals surface area contributed by atoms with Crippen molar-refractivity contribution in [3.63, 3.8) is 0 Å². The Morgan fingerprint density at radius 3 is 2.35 bits per heavy atom. The highest BCUT2D eigenvalue weighted by molar-refractivity contribution is 5.95. The Hall–Kier alpha value is -4.19. The summed E-state index contributed by atoms with van der Waals surface area (Å²) in [6.45, 7) is 0.152. The van der Waals surface area contributed by atoms with Gasteiger partial charge in [-0.1, -0.05) is 18.2 Å². The molecular weight excluding hydrogens is 393 g/mol. The van der Waals surface area contributed by atoms with Gasteiger partial charge in [0.15, 0.2) is 0 Å². The number of carbonyl (C=O) groups is 1. The van der Waals surface area contributed by atoms with E-state index in [4.69, 9.17) is 4.74 Å². The van der Waals surface area contributed by atoms with Crippen LogP contribution in [0.3, 0.4) is 0 Å². The highest BCUT2D eigenvalue weighted by Gasteiger charge is 2.05. The fraction of sp³-hybridized carbons (Fsp3) is 0.0400. The number of hydrazone groups is 1. The van der Waals surface area contributed by atoms with Gasteiger partial charge in [-0.3, -0.25) is 4.79 Å². The molecule has 0 bridgehead atoms. The third-order valence-electron chi connectivity index (χ3n) is 4.64. The Kier molecular flexibility index (Phi) is 6.18. The molecule has 0 unspecified atom stereocenters. The summed E-state index contributed by atoms with van der Waals surface area (Å²) in [6.07, 6.45) is 5.43. The van der Waals surface area contributed by atoms with E-state index in [1.165, 1.54) is 6.07 Å². The number of ether oxygens (including phenoxy) is 1. The van der Waals surface area contributed by atoms with Gasteiger partial charge in [-0.25, -0.2) is 9.82 Å². The molecule has 0 saturated heterocycles. The van der Waals surface area contributed by atoms with Crippen molar-refractivity contribution in [1.82, 2.24) is 9.99 Å². The fourth-order valence-corrected chi connectivity index (χ4v) is 2.95. The van der Waals surface area contributed by atoms with Crippen LogP contribution < -0.4 is 10.2 Å². The Labute approximate surface area is 179 Å². The van der Waals surface area contributed by atoms with Crippen LogP contribution in [0.4, 0.5) is 4.39 Å². The summed E-state index contributed by atoms with van der Waals surface area (Å²) >= 11 is 0. The van der Waals surface area contributed by atoms with Crippen LogP contribution in [0.5, 0.6) is 5.75 Å². The van der Waals surface area contributed by atoms with Crippen LogP contribution in [0.15, 0.2) is 102 Å². The smallest absolute Gasteiger partial charge is 0.271 e. The molecule has 1 heterocycles. The predicted molar refractivity (Wildman–Crippen MR) is 118 cm³/mol. The Bertz CT molecular complexity index is 1170. The summed E-state index contributed by atoms with van der Waals surface area (Å²) in [4.78, 5) is 12.3. The van der Waals surface area contributed by atoms with Gasteiger partial charge in [-0.15, -0.1) is 0 Å². The minimum absolute atomic E-state index is 0.152. The topological polar surface area (TPSA) is 55.6 Å². The summed E-state index contributed by atoms with van der Waals surface area (Å²) in [6, 6.07) is 24.8. The number of rotatable bonds is 7. The number of nitrogens with one attached hydrogen (secondary N) is 1. The maximum absolute atomic E-state index is 13.6. The predicted octanol–water partition coefficient (Wildman–Crippen LogP) is 4.96. The van der Waals surface area contributed by atoms with E-state index in [2.05, 4.69) is 10.5 Å². The van der Waals surface area contributed by atoms with Gasteiger partial charge in [0, 0.05) is 29.2 Å². The first-order valence-corrected chi connectivity index (χ1v) is 9.72. The van der Waals surface area contributed by atoms with Crippen LogP contribution in [-0.4, -0.2) is 16.7 Å². The molecule has 6 heteroatoms. The number of nitrogens with zero attached hydrogens (tertiary/aromatic N) is 2. The van der Waals surface area contributed by atoms with Gasteiger partial charge < -0.3 is 9.30 Å². The monoisotopic (exact) mass is 413 g/mol. The molecule has 4 aromatic rings. The van der Waals surface area contributed by atoms with Gasteiger partial charge >= 0.3 is 0 Å². The van der Waals surface area contributed by atoms with Crippen molar-refractivity contribution < 1.29 is 13.9 Å². The Morgan fingerprint density at radius 1 is 0.935 bits per heavy atom. The third kappa shape index (κ3) is 5.25. The zero-order chi connectivity index (χ0) is 21.5. The zero-order valence-corrected chi connectivity index (χ0v) is 16.6. The molecule has 0 spiro atoms. The van der Waals surface area contributed by atoms with Crippen LogP contribution in [0.2, 0.25) is 0 Å². The summed E-state index contributed by atoms with van der Waals surface area (Å²) in [5.74, 6) is 0.0359. The molecule has 0 aliphatic rings. The summed E-state index contributed by atoms with van der Waals surface area (Å²) in [5.41, 5.74) is 5.30. The minimum Gasteiger partial charge on any atom is -0.489 e. The first-order chi connectivity index (χ1) is 15.2. The van der Waals surface area contributed by atoms with Crippen LogP contribution in [-0.2, 0) is 6.61 Å². The SMILES string of the molecule is O=C(N/N=C/c1ccc(OCc2ccccc2F)cc1)c1ccc(-n2cccc2)cc1. The van der Waals surface area contributed by atoms with E-state index in [9.17, 15) is 9.18 Å². The first-order valence-electron chi connectivity index (χ1n) is 9.72. The highest BCUT2D eigenvalue weighted by Crippen LogP contribution is 2.15. The van der Waals surface area contributed by atoms with E-state index in [1.807, 2.05) is 41.2 Å². The van der Waals surface area contributed by atoms with Crippen molar-refractivity contribution in [1.29, 1.82) is 0 Å². The maximum Gasteiger partial charge on any atom is 0.271 e. The molecule has 1 aromatic heterocycles. The largest absolute Gasteiger partial charge is 0.489 e.